The number of ether oxygens (including phenoxy) is 6. The highest BCUT2D eigenvalue weighted by Crippen LogP contribution is 2.56. The molecule has 0 aliphatic carbocycles. The molecule has 0 saturated carbocycles. The molecule has 4 unspecified atom stereocenters. The fourth-order valence-corrected chi connectivity index (χ4v) is 6.68. The van der Waals surface area contributed by atoms with E-state index in [9.17, 15) is 14.2 Å². The van der Waals surface area contributed by atoms with Gasteiger partial charge in [0.25, 0.3) is 5.79 Å². The predicted molar refractivity (Wildman–Crippen MR) is 152 cm³/mol. The summed E-state index contributed by atoms with van der Waals surface area (Å²) in [6, 6.07) is 8.89. The zero-order valence-electron chi connectivity index (χ0n) is 25.5. The molecule has 4 rings (SSSR count). The number of rotatable bonds is 16. The monoisotopic (exact) mass is 629 g/mol. The lowest BCUT2D eigenvalue weighted by Crippen LogP contribution is -2.65. The van der Waals surface area contributed by atoms with Gasteiger partial charge >= 0.3 is 19.9 Å². The van der Waals surface area contributed by atoms with Crippen molar-refractivity contribution in [2.24, 2.45) is 0 Å². The molecule has 43 heavy (non-hydrogen) atoms. The molecule has 1 N–H and O–H groups in total. The topological polar surface area (TPSA) is 146 Å². The third kappa shape index (κ3) is 8.55. The zero-order chi connectivity index (χ0) is 31.1. The van der Waals surface area contributed by atoms with Crippen molar-refractivity contribution in [3.63, 3.8) is 0 Å². The largest absolute Gasteiger partial charge is 0.477 e. The van der Waals surface area contributed by atoms with E-state index in [0.29, 0.717) is 19.4 Å². The molecule has 14 heteroatoms. The van der Waals surface area contributed by atoms with Crippen LogP contribution in [0.2, 0.25) is 0 Å². The van der Waals surface area contributed by atoms with Crippen LogP contribution in [0.1, 0.15) is 65.4 Å². The number of hydrogen-bond donors (Lipinski definition) is 1. The molecule has 0 bridgehead atoms. The number of hydrogen-bond acceptors (Lipinski definition) is 12. The van der Waals surface area contributed by atoms with E-state index in [0.717, 1.165) is 25.5 Å². The quantitative estimate of drug-likeness (QED) is 0.155. The van der Waals surface area contributed by atoms with E-state index in [2.05, 4.69) is 5.32 Å². The first-order chi connectivity index (χ1) is 20.5. The zero-order valence-corrected chi connectivity index (χ0v) is 26.4. The average molecular weight is 630 g/mol. The maximum Gasteiger partial charge on any atom is 0.477 e. The summed E-state index contributed by atoms with van der Waals surface area (Å²) in [6.45, 7) is 7.95. The third-order valence-corrected chi connectivity index (χ3v) is 8.80. The number of methoxy groups -OCH3 is 1. The highest BCUT2D eigenvalue weighted by molar-refractivity contribution is 7.48. The maximum absolute atomic E-state index is 13.9. The summed E-state index contributed by atoms with van der Waals surface area (Å²) in [6.07, 6.45) is -1.88. The molecule has 3 aliphatic heterocycles. The molecule has 3 heterocycles. The average Bonchev–Trinajstić information content (AvgIpc) is 3.50. The summed E-state index contributed by atoms with van der Waals surface area (Å²) in [5.74, 6) is -4.36. The van der Waals surface area contributed by atoms with Gasteiger partial charge in [0.1, 0.15) is 24.4 Å². The van der Waals surface area contributed by atoms with Crippen molar-refractivity contribution in [1.29, 1.82) is 0 Å². The second kappa shape index (κ2) is 14.8. The molecule has 1 aromatic carbocycles. The van der Waals surface area contributed by atoms with E-state index >= 15 is 0 Å². The standard InChI is InChI=1S/C29H44NO12P/c1-6-8-15-36-43(33,37-16-9-7-2)42-29(26(31)34-5)17-21-23(30-27(32)38-21)25(41-29)24-22(39-28(3,4)40-24)19-35-18-20-13-11-10-12-14-20/h10-14,21-25H,6-9,15-19H2,1-5H3,(H,30,32)/t21?,22-,23?,24-,25?,29?/m1/s1. The summed E-state index contributed by atoms with van der Waals surface area (Å²) < 4.78 is 66.5. The summed E-state index contributed by atoms with van der Waals surface area (Å²) >= 11 is 0. The molecule has 3 fully saturated rings. The van der Waals surface area contributed by atoms with E-state index in [-0.39, 0.29) is 26.2 Å². The van der Waals surface area contributed by atoms with Gasteiger partial charge in [-0.15, -0.1) is 0 Å². The summed E-state index contributed by atoms with van der Waals surface area (Å²) in [5.41, 5.74) is 0.975. The van der Waals surface area contributed by atoms with Crippen LogP contribution in [0.5, 0.6) is 0 Å². The van der Waals surface area contributed by atoms with Gasteiger partial charge in [0, 0.05) is 0 Å². The number of esters is 1. The smallest absolute Gasteiger partial charge is 0.465 e. The van der Waals surface area contributed by atoms with Crippen LogP contribution in [0.15, 0.2) is 30.3 Å². The Morgan fingerprint density at radius 2 is 1.70 bits per heavy atom. The Morgan fingerprint density at radius 3 is 2.33 bits per heavy atom. The predicted octanol–water partition coefficient (Wildman–Crippen LogP) is 4.62. The van der Waals surface area contributed by atoms with E-state index < -0.39 is 61.9 Å². The second-order valence-electron chi connectivity index (χ2n) is 11.2. The van der Waals surface area contributed by atoms with E-state index in [1.54, 1.807) is 13.8 Å². The van der Waals surface area contributed by atoms with Gasteiger partial charge < -0.3 is 33.7 Å². The van der Waals surface area contributed by atoms with Gasteiger partial charge in [-0.25, -0.2) is 18.7 Å². The minimum atomic E-state index is -4.37. The molecule has 13 nitrogen and oxygen atoms in total. The van der Waals surface area contributed by atoms with Crippen LogP contribution in [0, 0.1) is 0 Å². The summed E-state index contributed by atoms with van der Waals surface area (Å²) in [7, 11) is -3.22. The molecule has 3 saturated heterocycles. The maximum atomic E-state index is 13.9. The molecule has 0 aromatic heterocycles. The first kappa shape index (κ1) is 33.8. The molecular weight excluding hydrogens is 585 g/mol. The fraction of sp³-hybridized carbons (Fsp3) is 0.724. The van der Waals surface area contributed by atoms with Crippen molar-refractivity contribution >= 4 is 19.9 Å². The van der Waals surface area contributed by atoms with Gasteiger partial charge in [0.05, 0.1) is 46.0 Å². The van der Waals surface area contributed by atoms with Crippen LogP contribution < -0.4 is 5.32 Å². The Bertz CT molecular complexity index is 1110. The van der Waals surface area contributed by atoms with Gasteiger partial charge in [0.15, 0.2) is 5.79 Å². The number of fused-ring (bicyclic) bond motifs is 1. The van der Waals surface area contributed by atoms with Crippen LogP contribution in [0.4, 0.5) is 4.79 Å². The number of carbonyl (C=O) groups excluding carboxylic acids is 2. The number of amides is 1. The Labute approximate surface area is 252 Å². The van der Waals surface area contributed by atoms with Gasteiger partial charge in [-0.2, -0.15) is 0 Å². The van der Waals surface area contributed by atoms with Crippen molar-refractivity contribution in [3.8, 4) is 0 Å². The van der Waals surface area contributed by atoms with Crippen LogP contribution in [-0.2, 0) is 58.0 Å². The fourth-order valence-electron chi connectivity index (χ4n) is 5.25. The molecule has 3 aliphatic rings. The van der Waals surface area contributed by atoms with E-state index in [1.165, 1.54) is 0 Å². The van der Waals surface area contributed by atoms with Crippen LogP contribution in [0.25, 0.3) is 0 Å². The van der Waals surface area contributed by atoms with Gasteiger partial charge in [-0.1, -0.05) is 57.0 Å². The van der Waals surface area contributed by atoms with Crippen molar-refractivity contribution in [3.05, 3.63) is 35.9 Å². The van der Waals surface area contributed by atoms with Crippen molar-refractivity contribution in [2.45, 2.75) is 108 Å². The summed E-state index contributed by atoms with van der Waals surface area (Å²) in [4.78, 5) is 25.9. The highest BCUT2D eigenvalue weighted by Gasteiger charge is 2.64. The van der Waals surface area contributed by atoms with Crippen molar-refractivity contribution < 1.29 is 56.1 Å². The lowest BCUT2D eigenvalue weighted by Gasteiger charge is -2.45. The van der Waals surface area contributed by atoms with Gasteiger partial charge in [-0.05, 0) is 32.3 Å². The number of alkyl carbamates (subject to hydrolysis) is 1. The van der Waals surface area contributed by atoms with Gasteiger partial charge in [0.2, 0.25) is 0 Å². The Kier molecular flexibility index (Phi) is 11.6. The number of phosphoric ester groups is 1. The number of carbonyl (C=O) groups is 2. The molecule has 0 spiro atoms. The van der Waals surface area contributed by atoms with Crippen LogP contribution in [-0.4, -0.2) is 81.0 Å². The van der Waals surface area contributed by atoms with E-state index in [1.807, 2.05) is 44.2 Å². The van der Waals surface area contributed by atoms with E-state index in [4.69, 9.17) is 42.0 Å². The Hall–Kier alpha value is -2.09. The Morgan fingerprint density at radius 1 is 1.02 bits per heavy atom. The minimum Gasteiger partial charge on any atom is -0.465 e. The first-order valence-corrected chi connectivity index (χ1v) is 16.3. The number of unbranched alkanes of at least 4 members (excludes halogenated alkanes) is 2. The molecule has 1 aromatic rings. The second-order valence-corrected chi connectivity index (χ2v) is 12.8. The van der Waals surface area contributed by atoms with Crippen molar-refractivity contribution in [2.75, 3.05) is 26.9 Å². The van der Waals surface area contributed by atoms with Gasteiger partial charge in [-0.3, -0.25) is 9.05 Å². The molecule has 1 amide bonds. The highest BCUT2D eigenvalue weighted by atomic mass is 31.2. The number of phosphoric acid groups is 1. The summed E-state index contributed by atoms with van der Waals surface area (Å²) in [5, 5.41) is 2.75. The van der Waals surface area contributed by atoms with Crippen molar-refractivity contribution in [1.82, 2.24) is 5.32 Å². The molecule has 242 valence electrons. The lowest BCUT2D eigenvalue weighted by molar-refractivity contribution is -0.283. The SMILES string of the molecule is CCCCOP(=O)(OCCCC)OC1(C(=O)OC)CC2OC(=O)NC2C([C@@H]2OC(C)(C)O[C@@H]2COCc2ccccc2)O1. The van der Waals surface area contributed by atoms with Crippen LogP contribution in [0.3, 0.4) is 0 Å². The molecule has 0 radical (unpaired) electrons. The normalized spacial score (nSPS) is 30.0. The van der Waals surface area contributed by atoms with Crippen LogP contribution >= 0.6 is 7.82 Å². The molecule has 6 atom stereocenters. The lowest BCUT2D eigenvalue weighted by atomic mass is 9.89. The molecular formula is C29H44NO12P. The first-order valence-electron chi connectivity index (χ1n) is 14.8. The number of benzene rings is 1. The third-order valence-electron chi connectivity index (χ3n) is 7.28. The number of nitrogens with one attached hydrogen (secondary N) is 1. The Balaban J connectivity index is 1.62. The minimum absolute atomic E-state index is 0.0672.